The first-order valence-electron chi connectivity index (χ1n) is 9.30. The lowest BCUT2D eigenvalue weighted by atomic mass is 10.0. The molecule has 9 nitrogen and oxygen atoms in total. The van der Waals surface area contributed by atoms with Crippen LogP contribution in [0.2, 0.25) is 0 Å². The van der Waals surface area contributed by atoms with E-state index in [1.165, 1.54) is 20.5 Å². The van der Waals surface area contributed by atoms with Crippen molar-refractivity contribution in [3.8, 4) is 35.0 Å². The van der Waals surface area contributed by atoms with Gasteiger partial charge in [0.15, 0.2) is 0 Å². The number of hydrogen-bond acceptors (Lipinski definition) is 9. The van der Waals surface area contributed by atoms with Gasteiger partial charge in [-0.25, -0.2) is 4.98 Å². The van der Waals surface area contributed by atoms with Crippen LogP contribution in [-0.4, -0.2) is 30.4 Å². The molecule has 1 amide bonds. The number of carbonyl (C=O) groups is 1. The summed E-state index contributed by atoms with van der Waals surface area (Å²) in [5.74, 6) is 0.928. The molecule has 0 bridgehead atoms. The number of anilines is 2. The van der Waals surface area contributed by atoms with Gasteiger partial charge in [-0.15, -0.1) is 0 Å². The van der Waals surface area contributed by atoms with Crippen LogP contribution in [-0.2, 0) is 4.79 Å². The number of rotatable bonds is 7. The molecule has 162 valence electrons. The van der Waals surface area contributed by atoms with Crippen LogP contribution < -0.4 is 20.5 Å². The second-order valence-corrected chi connectivity index (χ2v) is 7.77. The maximum Gasteiger partial charge on any atom is 0.237 e. The lowest BCUT2D eigenvalue weighted by Crippen LogP contribution is -2.23. The van der Waals surface area contributed by atoms with Crippen LogP contribution >= 0.6 is 11.8 Å². The van der Waals surface area contributed by atoms with E-state index in [0.717, 1.165) is 11.8 Å². The highest BCUT2D eigenvalue weighted by Gasteiger charge is 2.25. The number of hydrogen-bond donors (Lipinski definition) is 2. The Bertz CT molecular complexity index is 1230. The summed E-state index contributed by atoms with van der Waals surface area (Å²) in [6.45, 7) is 1.66. The highest BCUT2D eigenvalue weighted by Crippen LogP contribution is 2.37. The van der Waals surface area contributed by atoms with Gasteiger partial charge in [0.05, 0.1) is 42.5 Å². The van der Waals surface area contributed by atoms with Crippen LogP contribution in [0.25, 0.3) is 11.3 Å². The van der Waals surface area contributed by atoms with E-state index in [0.29, 0.717) is 22.9 Å². The van der Waals surface area contributed by atoms with Crippen molar-refractivity contribution in [1.82, 2.24) is 4.98 Å². The molecule has 3 rings (SSSR count). The zero-order valence-electron chi connectivity index (χ0n) is 17.5. The third-order valence-electron chi connectivity index (χ3n) is 4.51. The fourth-order valence-electron chi connectivity index (χ4n) is 2.92. The van der Waals surface area contributed by atoms with Crippen LogP contribution in [0.1, 0.15) is 18.1 Å². The summed E-state index contributed by atoms with van der Waals surface area (Å²) in [6, 6.07) is 12.3. The zero-order valence-corrected chi connectivity index (χ0v) is 18.3. The molecule has 1 unspecified atom stereocenters. The van der Waals surface area contributed by atoms with E-state index in [9.17, 15) is 15.3 Å². The molecule has 0 aliphatic heterocycles. The first-order chi connectivity index (χ1) is 15.4. The Morgan fingerprint density at radius 3 is 2.56 bits per heavy atom. The molecule has 0 saturated carbocycles. The van der Waals surface area contributed by atoms with Gasteiger partial charge in [0, 0.05) is 6.07 Å². The van der Waals surface area contributed by atoms with Gasteiger partial charge in [-0.05, 0) is 31.2 Å². The van der Waals surface area contributed by atoms with Crippen LogP contribution in [0.5, 0.6) is 11.5 Å². The molecule has 2 heterocycles. The number of pyridine rings is 1. The standard InChI is InChI=1S/C22H19N5O4S/c1-12(21(28)26-16-9-13(29-2)6-7-17(16)30-3)32-22-15(11-24)19(18-5-4-8-31-18)14(10-23)20(25)27-22/h4-9,12H,1-3H3,(H2,25,27)(H,26,28). The maximum atomic E-state index is 12.9. The fourth-order valence-corrected chi connectivity index (χ4v) is 3.84. The second kappa shape index (κ2) is 9.77. The first-order valence-corrected chi connectivity index (χ1v) is 10.2. The van der Waals surface area contributed by atoms with Gasteiger partial charge >= 0.3 is 0 Å². The Labute approximate surface area is 188 Å². The summed E-state index contributed by atoms with van der Waals surface area (Å²) in [5.41, 5.74) is 6.81. The van der Waals surface area contributed by atoms with Crippen molar-refractivity contribution in [2.24, 2.45) is 0 Å². The molecular formula is C22H19N5O4S. The van der Waals surface area contributed by atoms with Crippen molar-refractivity contribution < 1.29 is 18.7 Å². The van der Waals surface area contributed by atoms with Crippen molar-refractivity contribution in [2.45, 2.75) is 17.2 Å². The van der Waals surface area contributed by atoms with Gasteiger partial charge in [-0.2, -0.15) is 10.5 Å². The molecule has 2 aromatic heterocycles. The van der Waals surface area contributed by atoms with Crippen LogP contribution in [0.4, 0.5) is 11.5 Å². The smallest absolute Gasteiger partial charge is 0.237 e. The van der Waals surface area contributed by atoms with Gasteiger partial charge in [0.1, 0.15) is 45.8 Å². The lowest BCUT2D eigenvalue weighted by Gasteiger charge is -2.16. The van der Waals surface area contributed by atoms with Crippen LogP contribution in [0.15, 0.2) is 46.0 Å². The molecule has 0 radical (unpaired) electrons. The Morgan fingerprint density at radius 1 is 1.22 bits per heavy atom. The number of amides is 1. The monoisotopic (exact) mass is 449 g/mol. The summed E-state index contributed by atoms with van der Waals surface area (Å²) in [5, 5.41) is 21.7. The number of nitriles is 2. The average molecular weight is 449 g/mol. The number of ether oxygens (including phenoxy) is 2. The minimum atomic E-state index is -0.665. The third-order valence-corrected chi connectivity index (χ3v) is 5.59. The molecule has 1 aromatic carbocycles. The van der Waals surface area contributed by atoms with Gasteiger partial charge < -0.3 is 24.9 Å². The predicted molar refractivity (Wildman–Crippen MR) is 119 cm³/mol. The maximum absolute atomic E-state index is 12.9. The van der Waals surface area contributed by atoms with Gasteiger partial charge in [0.25, 0.3) is 0 Å². The zero-order chi connectivity index (χ0) is 23.3. The summed E-state index contributed by atoms with van der Waals surface area (Å²) < 4.78 is 15.9. The lowest BCUT2D eigenvalue weighted by molar-refractivity contribution is -0.115. The van der Waals surface area contributed by atoms with E-state index in [4.69, 9.17) is 19.6 Å². The van der Waals surface area contributed by atoms with Crippen LogP contribution in [0.3, 0.4) is 0 Å². The number of nitrogens with one attached hydrogen (secondary N) is 1. The Kier molecular flexibility index (Phi) is 6.88. The molecule has 0 spiro atoms. The largest absolute Gasteiger partial charge is 0.497 e. The van der Waals surface area contributed by atoms with E-state index in [1.807, 2.05) is 6.07 Å². The highest BCUT2D eigenvalue weighted by molar-refractivity contribution is 8.00. The number of nitrogen functional groups attached to an aromatic ring is 1. The molecule has 32 heavy (non-hydrogen) atoms. The number of nitrogens with zero attached hydrogens (tertiary/aromatic N) is 3. The Balaban J connectivity index is 1.93. The quantitative estimate of drug-likeness (QED) is 0.514. The van der Waals surface area contributed by atoms with Crippen molar-refractivity contribution >= 4 is 29.2 Å². The molecule has 0 aliphatic rings. The molecule has 0 saturated heterocycles. The summed E-state index contributed by atoms with van der Waals surface area (Å²) in [6.07, 6.45) is 1.43. The number of carbonyl (C=O) groups excluding carboxylic acids is 1. The number of thioether (sulfide) groups is 1. The molecular weight excluding hydrogens is 430 g/mol. The van der Waals surface area contributed by atoms with E-state index in [2.05, 4.69) is 16.4 Å². The molecule has 0 aliphatic carbocycles. The number of methoxy groups -OCH3 is 2. The van der Waals surface area contributed by atoms with Gasteiger partial charge in [-0.1, -0.05) is 11.8 Å². The second-order valence-electron chi connectivity index (χ2n) is 6.44. The van der Waals surface area contributed by atoms with E-state index in [1.54, 1.807) is 37.3 Å². The van der Waals surface area contributed by atoms with E-state index >= 15 is 0 Å². The molecule has 0 fully saturated rings. The number of nitrogens with two attached hydrogens (primary N) is 1. The Morgan fingerprint density at radius 2 is 1.97 bits per heavy atom. The number of aromatic nitrogens is 1. The fraction of sp³-hybridized carbons (Fsp3) is 0.182. The first kappa shape index (κ1) is 22.5. The topological polar surface area (TPSA) is 147 Å². The average Bonchev–Trinajstić information content (AvgIpc) is 3.33. The summed E-state index contributed by atoms with van der Waals surface area (Å²) in [7, 11) is 3.02. The summed E-state index contributed by atoms with van der Waals surface area (Å²) >= 11 is 1.04. The highest BCUT2D eigenvalue weighted by atomic mass is 32.2. The SMILES string of the molecule is COc1ccc(OC)c(NC(=O)C(C)Sc2nc(N)c(C#N)c(-c3ccco3)c2C#N)c1. The van der Waals surface area contributed by atoms with Crippen molar-refractivity contribution in [1.29, 1.82) is 10.5 Å². The predicted octanol–water partition coefficient (Wildman–Crippen LogP) is 3.80. The minimum absolute atomic E-state index is 0.0408. The number of benzene rings is 1. The van der Waals surface area contributed by atoms with Crippen molar-refractivity contribution in [2.75, 3.05) is 25.3 Å². The van der Waals surface area contributed by atoms with Crippen molar-refractivity contribution in [3.05, 3.63) is 47.7 Å². The Hall–Kier alpha value is -4.15. The third kappa shape index (κ3) is 4.46. The molecule has 3 aromatic rings. The van der Waals surface area contributed by atoms with E-state index < -0.39 is 5.25 Å². The van der Waals surface area contributed by atoms with E-state index in [-0.39, 0.29) is 33.4 Å². The van der Waals surface area contributed by atoms with Gasteiger partial charge in [-0.3, -0.25) is 4.79 Å². The summed E-state index contributed by atoms with van der Waals surface area (Å²) in [4.78, 5) is 17.1. The molecule has 3 N–H and O–H groups in total. The van der Waals surface area contributed by atoms with Crippen LogP contribution in [0, 0.1) is 22.7 Å². The molecule has 10 heteroatoms. The van der Waals surface area contributed by atoms with Crippen molar-refractivity contribution in [3.63, 3.8) is 0 Å². The molecule has 1 atom stereocenters. The number of furan rings is 1. The normalized spacial score (nSPS) is 11.2. The minimum Gasteiger partial charge on any atom is -0.497 e. The van der Waals surface area contributed by atoms with Gasteiger partial charge in [0.2, 0.25) is 5.91 Å².